The number of carbonyl (C=O) groups excluding carboxylic acids is 3. The van der Waals surface area contributed by atoms with Crippen molar-refractivity contribution in [3.05, 3.63) is 65.0 Å². The van der Waals surface area contributed by atoms with Gasteiger partial charge >= 0.3 is 5.97 Å². The van der Waals surface area contributed by atoms with Crippen molar-refractivity contribution in [1.29, 1.82) is 0 Å². The molecule has 0 aliphatic carbocycles. The maximum Gasteiger partial charge on any atom is 0.357 e. The number of likely N-dealkylation sites (N-methyl/N-ethyl adjacent to an activating group) is 1. The van der Waals surface area contributed by atoms with Crippen LogP contribution in [0.2, 0.25) is 0 Å². The summed E-state index contributed by atoms with van der Waals surface area (Å²) in [6.07, 6.45) is -0.145. The topological polar surface area (TPSA) is 146 Å². The molecule has 1 aliphatic rings. The Morgan fingerprint density at radius 2 is 1.90 bits per heavy atom. The lowest BCUT2D eigenvalue weighted by molar-refractivity contribution is -0.132. The van der Waals surface area contributed by atoms with Crippen molar-refractivity contribution >= 4 is 34.3 Å². The summed E-state index contributed by atoms with van der Waals surface area (Å²) < 4.78 is 22.4. The quantitative estimate of drug-likeness (QED) is 0.292. The zero-order valence-electron chi connectivity index (χ0n) is 21.9. The minimum Gasteiger partial charge on any atom is -0.480 e. The number of nitrogens with one attached hydrogen (secondary N) is 1. The van der Waals surface area contributed by atoms with E-state index in [0.717, 1.165) is 16.9 Å². The summed E-state index contributed by atoms with van der Waals surface area (Å²) in [5.74, 6) is 0.721. The van der Waals surface area contributed by atoms with Gasteiger partial charge in [0.1, 0.15) is 17.2 Å². The smallest absolute Gasteiger partial charge is 0.357 e. The van der Waals surface area contributed by atoms with E-state index in [4.69, 9.17) is 18.6 Å². The SMILES string of the molecule is CCOC(=O)c1csc(NC(=O)c2cc(Oc3ccc(-c4nnc(C)o4)cc3)cc(O[C@H]3CCN(C)C3=O)c2)n1. The van der Waals surface area contributed by atoms with Crippen LogP contribution in [0.5, 0.6) is 17.2 Å². The normalized spacial score (nSPS) is 14.7. The van der Waals surface area contributed by atoms with Crippen LogP contribution < -0.4 is 14.8 Å². The lowest BCUT2D eigenvalue weighted by atomic mass is 10.1. The molecule has 2 amide bonds. The molecule has 206 valence electrons. The van der Waals surface area contributed by atoms with Crippen molar-refractivity contribution in [3.63, 3.8) is 0 Å². The molecule has 40 heavy (non-hydrogen) atoms. The standard InChI is InChI=1S/C27H25N5O7S/c1-4-36-26(35)21-14-40-27(28-21)29-23(33)17-11-19(13-20(12-17)39-22-9-10-32(3)25(22)34)38-18-7-5-16(6-8-18)24-31-30-15(2)37-24/h5-8,11-14,22H,4,9-10H2,1-3H3,(H,28,29,33)/t22-/m0/s1. The number of amides is 2. The van der Waals surface area contributed by atoms with Crippen LogP contribution in [0.15, 0.2) is 52.3 Å². The molecule has 1 atom stereocenters. The fraction of sp³-hybridized carbons (Fsp3) is 0.259. The first kappa shape index (κ1) is 26.8. The predicted molar refractivity (Wildman–Crippen MR) is 144 cm³/mol. The zero-order valence-corrected chi connectivity index (χ0v) is 22.7. The van der Waals surface area contributed by atoms with Crippen LogP contribution in [-0.4, -0.2) is 64.2 Å². The monoisotopic (exact) mass is 563 g/mol. The second-order valence-corrected chi connectivity index (χ2v) is 9.67. The lowest BCUT2D eigenvalue weighted by Gasteiger charge is -2.15. The molecular formula is C27H25N5O7S. The number of hydrogen-bond acceptors (Lipinski definition) is 11. The molecule has 0 saturated carbocycles. The van der Waals surface area contributed by atoms with Gasteiger partial charge in [-0.2, -0.15) is 0 Å². The van der Waals surface area contributed by atoms with E-state index < -0.39 is 18.0 Å². The molecule has 2 aromatic carbocycles. The van der Waals surface area contributed by atoms with E-state index in [1.807, 2.05) is 0 Å². The first-order valence-corrected chi connectivity index (χ1v) is 13.3. The van der Waals surface area contributed by atoms with Crippen LogP contribution in [0.25, 0.3) is 11.5 Å². The van der Waals surface area contributed by atoms with E-state index in [2.05, 4.69) is 20.5 Å². The number of nitrogens with zero attached hydrogens (tertiary/aromatic N) is 4. The van der Waals surface area contributed by atoms with Gasteiger partial charge in [-0.05, 0) is 43.3 Å². The van der Waals surface area contributed by atoms with Gasteiger partial charge in [-0.25, -0.2) is 9.78 Å². The second kappa shape index (κ2) is 11.5. The average molecular weight is 564 g/mol. The molecule has 0 radical (unpaired) electrons. The van der Waals surface area contributed by atoms with Crippen molar-refractivity contribution in [2.24, 2.45) is 0 Å². The number of thiazole rings is 1. The highest BCUT2D eigenvalue weighted by Gasteiger charge is 2.31. The first-order chi connectivity index (χ1) is 19.3. The van der Waals surface area contributed by atoms with E-state index in [0.29, 0.717) is 42.0 Å². The maximum atomic E-state index is 13.2. The lowest BCUT2D eigenvalue weighted by Crippen LogP contribution is -2.29. The number of rotatable bonds is 9. The fourth-order valence-electron chi connectivity index (χ4n) is 3.91. The van der Waals surface area contributed by atoms with Crippen LogP contribution >= 0.6 is 11.3 Å². The number of esters is 1. The molecule has 4 aromatic rings. The van der Waals surface area contributed by atoms with Gasteiger partial charge in [-0.1, -0.05) is 0 Å². The van der Waals surface area contributed by atoms with Gasteiger partial charge in [-0.15, -0.1) is 21.5 Å². The highest BCUT2D eigenvalue weighted by atomic mass is 32.1. The molecule has 0 unspecified atom stereocenters. The average Bonchev–Trinajstić information content (AvgIpc) is 3.67. The number of benzene rings is 2. The van der Waals surface area contributed by atoms with Gasteiger partial charge in [0.25, 0.3) is 11.8 Å². The third-order valence-corrected chi connectivity index (χ3v) is 6.63. The third kappa shape index (κ3) is 6.10. The van der Waals surface area contributed by atoms with E-state index in [1.165, 1.54) is 11.4 Å². The summed E-state index contributed by atoms with van der Waals surface area (Å²) in [5.41, 5.74) is 1.03. The van der Waals surface area contributed by atoms with E-state index in [9.17, 15) is 14.4 Å². The van der Waals surface area contributed by atoms with Crippen LogP contribution in [0.3, 0.4) is 0 Å². The first-order valence-electron chi connectivity index (χ1n) is 12.4. The fourth-order valence-corrected chi connectivity index (χ4v) is 4.58. The molecule has 0 spiro atoms. The van der Waals surface area contributed by atoms with E-state index >= 15 is 0 Å². The summed E-state index contributed by atoms with van der Waals surface area (Å²) in [6.45, 7) is 4.20. The largest absolute Gasteiger partial charge is 0.480 e. The number of aromatic nitrogens is 3. The summed E-state index contributed by atoms with van der Waals surface area (Å²) in [4.78, 5) is 43.2. The highest BCUT2D eigenvalue weighted by molar-refractivity contribution is 7.14. The van der Waals surface area contributed by atoms with Gasteiger partial charge in [0, 0.05) is 49.5 Å². The number of carbonyl (C=O) groups is 3. The number of ether oxygens (including phenoxy) is 3. The van der Waals surface area contributed by atoms with Gasteiger partial charge in [0.15, 0.2) is 16.9 Å². The summed E-state index contributed by atoms with van der Waals surface area (Å²) in [5, 5.41) is 12.3. The van der Waals surface area contributed by atoms with Crippen LogP contribution in [-0.2, 0) is 9.53 Å². The molecule has 1 N–H and O–H groups in total. The Balaban J connectivity index is 1.38. The Kier molecular flexibility index (Phi) is 7.73. The van der Waals surface area contributed by atoms with Crippen molar-refractivity contribution in [1.82, 2.24) is 20.1 Å². The zero-order chi connectivity index (χ0) is 28.2. The van der Waals surface area contributed by atoms with Crippen LogP contribution in [0, 0.1) is 6.92 Å². The van der Waals surface area contributed by atoms with Crippen molar-refractivity contribution < 1.29 is 33.0 Å². The Bertz CT molecular complexity index is 1550. The summed E-state index contributed by atoms with van der Waals surface area (Å²) in [7, 11) is 1.71. The van der Waals surface area contributed by atoms with Gasteiger partial charge in [-0.3, -0.25) is 14.9 Å². The Hall–Kier alpha value is -4.78. The number of likely N-dealkylation sites (tertiary alicyclic amines) is 1. The number of aryl methyl sites for hydroxylation is 1. The van der Waals surface area contributed by atoms with E-state index in [-0.39, 0.29) is 28.9 Å². The molecular weight excluding hydrogens is 538 g/mol. The Morgan fingerprint density at radius 3 is 2.58 bits per heavy atom. The minimum absolute atomic E-state index is 0.103. The molecule has 1 aliphatic heterocycles. The Morgan fingerprint density at radius 1 is 1.12 bits per heavy atom. The predicted octanol–water partition coefficient (Wildman–Crippen LogP) is 4.33. The third-order valence-electron chi connectivity index (χ3n) is 5.87. The van der Waals surface area contributed by atoms with Gasteiger partial charge in [0.05, 0.1) is 6.61 Å². The molecule has 5 rings (SSSR count). The molecule has 1 fully saturated rings. The number of anilines is 1. The van der Waals surface area contributed by atoms with Crippen molar-refractivity contribution in [3.8, 4) is 28.7 Å². The second-order valence-electron chi connectivity index (χ2n) is 8.81. The van der Waals surface area contributed by atoms with Crippen molar-refractivity contribution in [2.75, 3.05) is 25.5 Å². The van der Waals surface area contributed by atoms with Gasteiger partial charge < -0.3 is 23.5 Å². The van der Waals surface area contributed by atoms with E-state index in [1.54, 1.807) is 62.2 Å². The molecule has 12 nitrogen and oxygen atoms in total. The minimum atomic E-state index is -0.667. The summed E-state index contributed by atoms with van der Waals surface area (Å²) in [6, 6.07) is 11.7. The molecule has 1 saturated heterocycles. The maximum absolute atomic E-state index is 13.2. The van der Waals surface area contributed by atoms with Crippen LogP contribution in [0.4, 0.5) is 5.13 Å². The van der Waals surface area contributed by atoms with Crippen molar-refractivity contribution in [2.45, 2.75) is 26.4 Å². The van der Waals surface area contributed by atoms with Crippen LogP contribution in [0.1, 0.15) is 40.1 Å². The molecule has 3 heterocycles. The number of hydrogen-bond donors (Lipinski definition) is 1. The molecule has 0 bridgehead atoms. The Labute approximate surface area is 232 Å². The summed E-state index contributed by atoms with van der Waals surface area (Å²) >= 11 is 1.09. The molecule has 2 aromatic heterocycles. The highest BCUT2D eigenvalue weighted by Crippen LogP contribution is 2.31. The molecule has 13 heteroatoms. The van der Waals surface area contributed by atoms with Gasteiger partial charge in [0.2, 0.25) is 11.8 Å².